The Bertz CT molecular complexity index is 489. The third kappa shape index (κ3) is 2.02. The second-order valence-corrected chi connectivity index (χ2v) is 5.72. The molecule has 1 fully saturated rings. The van der Waals surface area contributed by atoms with Gasteiger partial charge in [-0.15, -0.1) is 0 Å². The molecule has 2 atom stereocenters. The van der Waals surface area contributed by atoms with E-state index in [-0.39, 0.29) is 17.9 Å². The van der Waals surface area contributed by atoms with E-state index in [0.717, 1.165) is 37.9 Å². The van der Waals surface area contributed by atoms with Crippen LogP contribution in [0.2, 0.25) is 5.02 Å². The first-order valence-electron chi connectivity index (χ1n) is 6.50. The molecule has 0 saturated heterocycles. The van der Waals surface area contributed by atoms with Gasteiger partial charge in [-0.3, -0.25) is 4.79 Å². The molecule has 1 heterocycles. The highest BCUT2D eigenvalue weighted by Gasteiger charge is 2.34. The highest BCUT2D eigenvalue weighted by molar-refractivity contribution is 6.31. The second-order valence-electron chi connectivity index (χ2n) is 5.28. The monoisotopic (exact) mass is 264 g/mol. The first-order valence-corrected chi connectivity index (χ1v) is 6.88. The van der Waals surface area contributed by atoms with E-state index in [4.69, 9.17) is 17.3 Å². The van der Waals surface area contributed by atoms with Crippen LogP contribution in [0.5, 0.6) is 0 Å². The molecule has 0 radical (unpaired) electrons. The van der Waals surface area contributed by atoms with Crippen LogP contribution in [-0.2, 0) is 11.2 Å². The zero-order valence-electron chi connectivity index (χ0n) is 10.2. The van der Waals surface area contributed by atoms with Gasteiger partial charge in [0.25, 0.3) is 0 Å². The number of halogens is 1. The summed E-state index contributed by atoms with van der Waals surface area (Å²) in [5.41, 5.74) is 8.10. The molecule has 0 unspecified atom stereocenters. The molecule has 3 nitrogen and oxygen atoms in total. The molecule has 0 spiro atoms. The van der Waals surface area contributed by atoms with Crippen molar-refractivity contribution in [2.45, 2.75) is 31.7 Å². The number of amides is 1. The van der Waals surface area contributed by atoms with E-state index in [0.29, 0.717) is 5.02 Å². The van der Waals surface area contributed by atoms with E-state index in [9.17, 15) is 4.79 Å². The lowest BCUT2D eigenvalue weighted by molar-refractivity contribution is -0.122. The summed E-state index contributed by atoms with van der Waals surface area (Å²) in [5.74, 6) is 0.328. The van der Waals surface area contributed by atoms with Gasteiger partial charge in [0.2, 0.25) is 5.91 Å². The summed E-state index contributed by atoms with van der Waals surface area (Å²) in [7, 11) is 0. The van der Waals surface area contributed by atoms with Gasteiger partial charge in [0, 0.05) is 29.2 Å². The smallest absolute Gasteiger partial charge is 0.230 e. The maximum atomic E-state index is 12.5. The number of hydrogen-bond donors (Lipinski definition) is 1. The predicted molar refractivity (Wildman–Crippen MR) is 72.8 cm³/mol. The number of nitrogens with zero attached hydrogens (tertiary/aromatic N) is 1. The lowest BCUT2D eigenvalue weighted by atomic mass is 10.1. The fraction of sp³-hybridized carbons (Fsp3) is 0.500. The molecule has 1 aliphatic heterocycles. The van der Waals surface area contributed by atoms with Crippen LogP contribution in [0.25, 0.3) is 0 Å². The third-order valence-electron chi connectivity index (χ3n) is 4.03. The van der Waals surface area contributed by atoms with E-state index in [2.05, 4.69) is 0 Å². The largest absolute Gasteiger partial charge is 0.328 e. The summed E-state index contributed by atoms with van der Waals surface area (Å²) >= 11 is 6.02. The molecule has 4 heteroatoms. The van der Waals surface area contributed by atoms with Gasteiger partial charge < -0.3 is 10.6 Å². The number of benzene rings is 1. The van der Waals surface area contributed by atoms with E-state index >= 15 is 0 Å². The van der Waals surface area contributed by atoms with Crippen LogP contribution in [0.15, 0.2) is 18.2 Å². The SMILES string of the molecule is N[C@@H]1CC[C@H](C(=O)N2CCc3ccc(Cl)cc32)C1. The van der Waals surface area contributed by atoms with Gasteiger partial charge in [-0.1, -0.05) is 17.7 Å². The number of hydrogen-bond acceptors (Lipinski definition) is 2. The summed E-state index contributed by atoms with van der Waals surface area (Å²) in [6, 6.07) is 6.00. The molecular weight excluding hydrogens is 248 g/mol. The van der Waals surface area contributed by atoms with Crippen molar-refractivity contribution in [3.63, 3.8) is 0 Å². The summed E-state index contributed by atoms with van der Waals surface area (Å²) in [6.45, 7) is 0.778. The molecule has 2 N–H and O–H groups in total. The lowest BCUT2D eigenvalue weighted by Crippen LogP contribution is -2.34. The van der Waals surface area contributed by atoms with E-state index in [1.807, 2.05) is 23.1 Å². The molecule has 1 aromatic rings. The topological polar surface area (TPSA) is 46.3 Å². The molecule has 3 rings (SSSR count). The van der Waals surface area contributed by atoms with Gasteiger partial charge in [0.05, 0.1) is 0 Å². The van der Waals surface area contributed by atoms with Crippen LogP contribution in [0.3, 0.4) is 0 Å². The molecule has 1 saturated carbocycles. The Labute approximate surface area is 112 Å². The number of fused-ring (bicyclic) bond motifs is 1. The Morgan fingerprint density at radius 3 is 2.94 bits per heavy atom. The second kappa shape index (κ2) is 4.56. The third-order valence-corrected chi connectivity index (χ3v) is 4.27. The first-order chi connectivity index (χ1) is 8.65. The van der Waals surface area contributed by atoms with Gasteiger partial charge in [0.15, 0.2) is 0 Å². The fourth-order valence-electron chi connectivity index (χ4n) is 3.04. The van der Waals surface area contributed by atoms with Crippen molar-refractivity contribution in [2.75, 3.05) is 11.4 Å². The molecule has 0 aromatic heterocycles. The number of carbonyl (C=O) groups is 1. The first kappa shape index (κ1) is 12.0. The minimum Gasteiger partial charge on any atom is -0.328 e. The van der Waals surface area contributed by atoms with Crippen LogP contribution in [-0.4, -0.2) is 18.5 Å². The molecule has 1 amide bonds. The van der Waals surface area contributed by atoms with Gasteiger partial charge >= 0.3 is 0 Å². The van der Waals surface area contributed by atoms with Crippen molar-refractivity contribution < 1.29 is 4.79 Å². The van der Waals surface area contributed by atoms with Crippen molar-refractivity contribution in [2.24, 2.45) is 11.7 Å². The van der Waals surface area contributed by atoms with Gasteiger partial charge in [-0.25, -0.2) is 0 Å². The predicted octanol–water partition coefficient (Wildman–Crippen LogP) is 2.36. The summed E-state index contributed by atoms with van der Waals surface area (Å²) in [6.07, 6.45) is 3.64. The average molecular weight is 265 g/mol. The van der Waals surface area contributed by atoms with Gasteiger partial charge in [-0.05, 0) is 43.4 Å². The zero-order valence-corrected chi connectivity index (χ0v) is 11.0. The summed E-state index contributed by atoms with van der Waals surface area (Å²) < 4.78 is 0. The van der Waals surface area contributed by atoms with E-state index in [1.165, 1.54) is 5.56 Å². The number of rotatable bonds is 1. The Balaban J connectivity index is 1.83. The summed E-state index contributed by atoms with van der Waals surface area (Å²) in [4.78, 5) is 14.4. The molecule has 0 bridgehead atoms. The van der Waals surface area contributed by atoms with Crippen LogP contribution in [0.4, 0.5) is 5.69 Å². The Hall–Kier alpha value is -1.06. The van der Waals surface area contributed by atoms with E-state index in [1.54, 1.807) is 0 Å². The van der Waals surface area contributed by atoms with Crippen LogP contribution in [0.1, 0.15) is 24.8 Å². The zero-order chi connectivity index (χ0) is 12.7. The number of carbonyl (C=O) groups excluding carboxylic acids is 1. The quantitative estimate of drug-likeness (QED) is 0.846. The molecule has 1 aliphatic carbocycles. The highest BCUT2D eigenvalue weighted by atomic mass is 35.5. The van der Waals surface area contributed by atoms with Crippen LogP contribution >= 0.6 is 11.6 Å². The maximum Gasteiger partial charge on any atom is 0.230 e. The minimum atomic E-state index is 0.102. The normalized spacial score (nSPS) is 26.4. The van der Waals surface area contributed by atoms with Crippen molar-refractivity contribution in [3.05, 3.63) is 28.8 Å². The van der Waals surface area contributed by atoms with Crippen LogP contribution in [0, 0.1) is 5.92 Å². The van der Waals surface area contributed by atoms with Crippen molar-refractivity contribution in [1.82, 2.24) is 0 Å². The molecular formula is C14H17ClN2O. The van der Waals surface area contributed by atoms with Crippen molar-refractivity contribution in [3.8, 4) is 0 Å². The van der Waals surface area contributed by atoms with E-state index < -0.39 is 0 Å². The maximum absolute atomic E-state index is 12.5. The van der Waals surface area contributed by atoms with Gasteiger partial charge in [-0.2, -0.15) is 0 Å². The Morgan fingerprint density at radius 1 is 1.39 bits per heavy atom. The number of nitrogens with two attached hydrogens (primary N) is 1. The van der Waals surface area contributed by atoms with Crippen LogP contribution < -0.4 is 10.6 Å². The minimum absolute atomic E-state index is 0.102. The van der Waals surface area contributed by atoms with Crippen molar-refractivity contribution in [1.29, 1.82) is 0 Å². The Kier molecular flexibility index (Phi) is 3.04. The van der Waals surface area contributed by atoms with Gasteiger partial charge in [0.1, 0.15) is 0 Å². The standard InChI is InChI=1S/C14H17ClN2O/c15-11-3-1-9-5-6-17(13(9)8-11)14(18)10-2-4-12(16)7-10/h1,3,8,10,12H,2,4-7,16H2/t10-,12+/m0/s1. The molecule has 18 heavy (non-hydrogen) atoms. The Morgan fingerprint density at radius 2 is 2.22 bits per heavy atom. The highest BCUT2D eigenvalue weighted by Crippen LogP contribution is 2.34. The fourth-order valence-corrected chi connectivity index (χ4v) is 3.21. The van der Waals surface area contributed by atoms with Crippen molar-refractivity contribution >= 4 is 23.2 Å². The summed E-state index contributed by atoms with van der Waals surface area (Å²) in [5, 5.41) is 0.691. The number of anilines is 1. The molecule has 1 aromatic carbocycles. The average Bonchev–Trinajstić information content (AvgIpc) is 2.94. The molecule has 96 valence electrons. The lowest BCUT2D eigenvalue weighted by Gasteiger charge is -2.21. The molecule has 2 aliphatic rings.